The first kappa shape index (κ1) is 15.7. The van der Waals surface area contributed by atoms with Crippen molar-refractivity contribution in [2.45, 2.75) is 26.2 Å². The minimum absolute atomic E-state index is 0. The van der Waals surface area contributed by atoms with Gasteiger partial charge in [0.25, 0.3) is 0 Å². The zero-order valence-corrected chi connectivity index (χ0v) is 9.01. The molecule has 0 aromatic rings. The molecule has 0 nitrogen and oxygen atoms in total. The fourth-order valence-electron chi connectivity index (χ4n) is 0.250. The molecule has 0 bridgehead atoms. The molecule has 0 spiro atoms. The van der Waals surface area contributed by atoms with Gasteiger partial charge in [-0.2, -0.15) is 6.42 Å². The summed E-state index contributed by atoms with van der Waals surface area (Å²) in [5.41, 5.74) is 0. The summed E-state index contributed by atoms with van der Waals surface area (Å²) in [6.07, 6.45) is 3.65. The molecule has 1 radical (unpaired) electrons. The van der Waals surface area contributed by atoms with Gasteiger partial charge < -0.3 is 6.92 Å². The molecule has 0 aromatic heterocycles. The summed E-state index contributed by atoms with van der Waals surface area (Å²) in [4.78, 5) is 0. The van der Waals surface area contributed by atoms with Crippen molar-refractivity contribution in [2.75, 3.05) is 0 Å². The van der Waals surface area contributed by atoms with Crippen molar-refractivity contribution in [2.24, 2.45) is 0 Å². The van der Waals surface area contributed by atoms with E-state index in [1.165, 1.54) is 12.8 Å². The summed E-state index contributed by atoms with van der Waals surface area (Å²) in [5.74, 6) is 0. The van der Waals surface area contributed by atoms with Gasteiger partial charge in [-0.15, -0.1) is 0 Å². The van der Waals surface area contributed by atoms with Crippen LogP contribution in [0.4, 0.5) is 0 Å². The largest absolute Gasteiger partial charge is 0.343 e. The summed E-state index contributed by atoms with van der Waals surface area (Å²) in [6.45, 7) is 5.85. The topological polar surface area (TPSA) is 0 Å². The van der Waals surface area contributed by atoms with Gasteiger partial charge in [0.05, 0.1) is 0 Å². The molecule has 0 unspecified atom stereocenters. The first-order valence-corrected chi connectivity index (χ1v) is 2.21. The molecular formula is C5H11VW-. The second-order valence-corrected chi connectivity index (χ2v) is 1.21. The van der Waals surface area contributed by atoms with Crippen LogP contribution in [0.5, 0.6) is 0 Å². The van der Waals surface area contributed by atoms with E-state index in [4.69, 9.17) is 0 Å². The van der Waals surface area contributed by atoms with Crippen LogP contribution in [-0.4, -0.2) is 0 Å². The van der Waals surface area contributed by atoms with Gasteiger partial charge >= 0.3 is 0 Å². The van der Waals surface area contributed by atoms with Gasteiger partial charge in [-0.1, -0.05) is 19.8 Å². The Hall–Kier alpha value is 1.27. The van der Waals surface area contributed by atoms with Crippen molar-refractivity contribution < 1.29 is 39.6 Å². The molecule has 0 fully saturated rings. The zero-order valence-electron chi connectivity index (χ0n) is 4.68. The molecule has 43 valence electrons. The van der Waals surface area contributed by atoms with Crippen molar-refractivity contribution in [1.82, 2.24) is 0 Å². The molecular weight excluding hydrogens is 295 g/mol. The smallest absolute Gasteiger partial charge is 0 e. The van der Waals surface area contributed by atoms with Crippen LogP contribution in [0.3, 0.4) is 0 Å². The van der Waals surface area contributed by atoms with Crippen LogP contribution in [0.25, 0.3) is 0 Å². The summed E-state index contributed by atoms with van der Waals surface area (Å²) < 4.78 is 0. The van der Waals surface area contributed by atoms with E-state index < -0.39 is 0 Å². The molecule has 0 saturated heterocycles. The van der Waals surface area contributed by atoms with Crippen LogP contribution in [0.2, 0.25) is 0 Å². The van der Waals surface area contributed by atoms with E-state index in [1.54, 1.807) is 0 Å². The minimum atomic E-state index is 0. The summed E-state index contributed by atoms with van der Waals surface area (Å²) in [5, 5.41) is 0. The Kier molecular flexibility index (Phi) is 35.2. The van der Waals surface area contributed by atoms with E-state index in [9.17, 15) is 0 Å². The van der Waals surface area contributed by atoms with Crippen molar-refractivity contribution in [3.8, 4) is 0 Å². The minimum Gasteiger partial charge on any atom is -0.343 e. The molecule has 0 aliphatic rings. The van der Waals surface area contributed by atoms with Crippen LogP contribution >= 0.6 is 0 Å². The normalized spacial score (nSPS) is 6.00. The molecule has 0 aromatic carbocycles. The van der Waals surface area contributed by atoms with Gasteiger partial charge in [0.2, 0.25) is 0 Å². The molecule has 0 aliphatic carbocycles. The fraction of sp³-hybridized carbons (Fsp3) is 0.800. The van der Waals surface area contributed by atoms with E-state index in [2.05, 4.69) is 13.8 Å². The van der Waals surface area contributed by atoms with Crippen LogP contribution in [0.15, 0.2) is 0 Å². The third-order valence-corrected chi connectivity index (χ3v) is 0.604. The third kappa shape index (κ3) is 18.9. The Morgan fingerprint density at radius 1 is 1.43 bits per heavy atom. The molecule has 0 amide bonds. The number of rotatable bonds is 2. The van der Waals surface area contributed by atoms with E-state index in [-0.39, 0.29) is 39.6 Å². The molecule has 0 rings (SSSR count). The Balaban J connectivity index is -0.0000000800. The van der Waals surface area contributed by atoms with Crippen LogP contribution < -0.4 is 0 Å². The maximum absolute atomic E-state index is 3.68. The van der Waals surface area contributed by atoms with Crippen molar-refractivity contribution >= 4 is 0 Å². The van der Waals surface area contributed by atoms with E-state index in [1.807, 2.05) is 0 Å². The van der Waals surface area contributed by atoms with Gasteiger partial charge in [-0.05, 0) is 0 Å². The van der Waals surface area contributed by atoms with E-state index >= 15 is 0 Å². The third-order valence-electron chi connectivity index (χ3n) is 0.604. The van der Waals surface area contributed by atoms with Gasteiger partial charge in [0.15, 0.2) is 0 Å². The average molecular weight is 306 g/mol. The molecule has 0 N–H and O–H groups in total. The molecule has 0 atom stereocenters. The summed E-state index contributed by atoms with van der Waals surface area (Å²) in [6, 6.07) is 0. The molecule has 0 saturated carbocycles. The van der Waals surface area contributed by atoms with Gasteiger partial charge in [-0.3, -0.25) is 0 Å². The van der Waals surface area contributed by atoms with Gasteiger partial charge in [0, 0.05) is 39.6 Å². The first-order valence-electron chi connectivity index (χ1n) is 2.21. The zero-order chi connectivity index (χ0) is 4.12. The fourth-order valence-corrected chi connectivity index (χ4v) is 0.250. The number of hydrogen-bond donors (Lipinski definition) is 0. The van der Waals surface area contributed by atoms with Crippen LogP contribution in [0, 0.1) is 6.92 Å². The second-order valence-electron chi connectivity index (χ2n) is 1.21. The standard InChI is InChI=1S/C5H11.V.W/c1-3-5-4-2;;/h1,3-5H2,2H3;;/q-1;;. The summed E-state index contributed by atoms with van der Waals surface area (Å²) >= 11 is 0. The number of unbranched alkanes of at least 4 members (excludes halogenated alkanes) is 2. The predicted octanol–water partition coefficient (Wildman–Crippen LogP) is 2.01. The van der Waals surface area contributed by atoms with Crippen LogP contribution in [-0.2, 0) is 39.6 Å². The summed E-state index contributed by atoms with van der Waals surface area (Å²) in [7, 11) is 0. The maximum atomic E-state index is 3.68. The molecule has 7 heavy (non-hydrogen) atoms. The Bertz CT molecular complexity index is 15.6. The Morgan fingerprint density at radius 3 is 1.86 bits per heavy atom. The van der Waals surface area contributed by atoms with Crippen molar-refractivity contribution in [3.63, 3.8) is 0 Å². The molecule has 2 heteroatoms. The van der Waals surface area contributed by atoms with E-state index in [0.29, 0.717) is 0 Å². The van der Waals surface area contributed by atoms with E-state index in [0.717, 1.165) is 6.42 Å². The predicted molar refractivity (Wildman–Crippen MR) is 24.9 cm³/mol. The van der Waals surface area contributed by atoms with Crippen molar-refractivity contribution in [1.29, 1.82) is 0 Å². The SMILES string of the molecule is [CH2-]CCCC.[V].[W]. The van der Waals surface area contributed by atoms with Crippen molar-refractivity contribution in [3.05, 3.63) is 6.92 Å². The second kappa shape index (κ2) is 15.7. The number of hydrogen-bond acceptors (Lipinski definition) is 0. The monoisotopic (exact) mass is 306 g/mol. The first-order chi connectivity index (χ1) is 2.41. The quantitative estimate of drug-likeness (QED) is 0.685. The maximum Gasteiger partial charge on any atom is 0 e. The van der Waals surface area contributed by atoms with Crippen LogP contribution in [0.1, 0.15) is 26.2 Å². The molecule has 0 aliphatic heterocycles. The van der Waals surface area contributed by atoms with Gasteiger partial charge in [0.1, 0.15) is 0 Å². The Morgan fingerprint density at radius 2 is 1.86 bits per heavy atom. The Labute approximate surface area is 72.6 Å². The molecule has 0 heterocycles. The van der Waals surface area contributed by atoms with Gasteiger partial charge in [-0.25, -0.2) is 0 Å². The average Bonchev–Trinajstić information content (AvgIpc) is 1.41.